The lowest BCUT2D eigenvalue weighted by Crippen LogP contribution is -2.04. The number of aromatic hydroxyl groups is 1. The average molecular weight is 451 g/mol. The van der Waals surface area contributed by atoms with E-state index in [0.717, 1.165) is 43.6 Å². The van der Waals surface area contributed by atoms with Crippen molar-refractivity contribution < 1.29 is 19.1 Å². The minimum absolute atomic E-state index is 0.0260. The van der Waals surface area contributed by atoms with Crippen LogP contribution in [0.5, 0.6) is 5.75 Å². The van der Waals surface area contributed by atoms with Gasteiger partial charge in [-0.3, -0.25) is 18.7 Å². The van der Waals surface area contributed by atoms with Gasteiger partial charge in [-0.15, -0.1) is 0 Å². The number of para-hydroxylation sites is 2. The Kier molecular flexibility index (Phi) is 5.13. The highest BCUT2D eigenvalue weighted by atomic mass is 18.2. The van der Waals surface area contributed by atoms with Gasteiger partial charge in [-0.25, -0.2) is 4.39 Å². The number of benzene rings is 4. The number of carbonyl (C=O) groups excluding carboxylic acids is 2. The second kappa shape index (κ2) is 8.15. The lowest BCUT2D eigenvalue weighted by Gasteiger charge is -2.00. The van der Waals surface area contributed by atoms with Crippen LogP contribution in [0.1, 0.15) is 23.4 Å². The number of nitrogens with zero attached hydrogens (tertiary/aromatic N) is 2. The van der Waals surface area contributed by atoms with E-state index in [1.807, 2.05) is 48.5 Å². The Morgan fingerprint density at radius 3 is 1.59 bits per heavy atom. The van der Waals surface area contributed by atoms with Gasteiger partial charge in [-0.05, 0) is 48.5 Å². The summed E-state index contributed by atoms with van der Waals surface area (Å²) in [6.07, 6.45) is 0. The van der Waals surface area contributed by atoms with Crippen LogP contribution in [-0.2, 0) is 0 Å². The van der Waals surface area contributed by atoms with Gasteiger partial charge in [0, 0.05) is 35.4 Å². The zero-order chi connectivity index (χ0) is 24.0. The number of hydrogen-bond donors (Lipinski definition) is 1. The van der Waals surface area contributed by atoms with E-state index in [1.165, 1.54) is 19.1 Å². The summed E-state index contributed by atoms with van der Waals surface area (Å²) in [4.78, 5) is 23.4. The standard InChI is InChI=1S/C14H10FNO.C14H11NO2/c1-9(17)16-13-5-3-2-4-11(13)12-8-10(15)6-7-14(12)16;1-9(16)15-13-5-3-2-4-11(13)12-8-10(17)6-7-14(12)15/h2-8H,1H3;2-8,17H,1H3/i15-1;. The van der Waals surface area contributed by atoms with Gasteiger partial charge < -0.3 is 5.11 Å². The van der Waals surface area contributed by atoms with E-state index in [2.05, 4.69) is 0 Å². The van der Waals surface area contributed by atoms with Crippen molar-refractivity contribution >= 4 is 55.4 Å². The smallest absolute Gasteiger partial charge is 0.228 e. The van der Waals surface area contributed by atoms with Gasteiger partial charge in [0.1, 0.15) is 11.6 Å². The minimum atomic E-state index is -0.288. The van der Waals surface area contributed by atoms with E-state index >= 15 is 0 Å². The quantitative estimate of drug-likeness (QED) is 0.278. The molecule has 0 aliphatic heterocycles. The first-order valence-electron chi connectivity index (χ1n) is 10.8. The van der Waals surface area contributed by atoms with Gasteiger partial charge in [0.2, 0.25) is 11.8 Å². The molecule has 5 nitrogen and oxygen atoms in total. The molecule has 0 radical (unpaired) electrons. The molecule has 34 heavy (non-hydrogen) atoms. The lowest BCUT2D eigenvalue weighted by molar-refractivity contribution is 0.0937. The molecule has 168 valence electrons. The number of fused-ring (bicyclic) bond motifs is 6. The van der Waals surface area contributed by atoms with E-state index in [1.54, 1.807) is 40.3 Å². The normalized spacial score (nSPS) is 11.1. The number of aromatic nitrogens is 2. The Morgan fingerprint density at radius 1 is 0.618 bits per heavy atom. The molecular weight excluding hydrogens is 430 g/mol. The Morgan fingerprint density at radius 2 is 1.06 bits per heavy atom. The number of halogens is 1. The first kappa shape index (κ1) is 21.4. The van der Waals surface area contributed by atoms with Crippen molar-refractivity contribution in [1.82, 2.24) is 9.13 Å². The third-order valence-corrected chi connectivity index (χ3v) is 5.92. The fraction of sp³-hybridized carbons (Fsp3) is 0.0714. The number of rotatable bonds is 0. The van der Waals surface area contributed by atoms with Gasteiger partial charge in [0.25, 0.3) is 0 Å². The molecule has 1 N–H and O–H groups in total. The van der Waals surface area contributed by atoms with E-state index in [-0.39, 0.29) is 23.4 Å². The number of phenolic OH excluding ortho intramolecular Hbond substituents is 1. The maximum atomic E-state index is 13.3. The summed E-state index contributed by atoms with van der Waals surface area (Å²) in [7, 11) is 0. The summed E-state index contributed by atoms with van der Waals surface area (Å²) in [6.45, 7) is 3.05. The molecule has 0 saturated carbocycles. The highest BCUT2D eigenvalue weighted by Gasteiger charge is 2.14. The Balaban J connectivity index is 0.000000142. The summed E-state index contributed by atoms with van der Waals surface area (Å²) in [5.74, 6) is -0.169. The van der Waals surface area contributed by atoms with E-state index < -0.39 is 0 Å². The molecular formula is C28H21FN2O3. The summed E-state index contributed by atoms with van der Waals surface area (Å²) in [5.41, 5.74) is 3.28. The maximum absolute atomic E-state index is 13.3. The molecule has 4 aromatic carbocycles. The second-order valence-electron chi connectivity index (χ2n) is 8.11. The van der Waals surface area contributed by atoms with Crippen molar-refractivity contribution in [3.05, 3.63) is 90.7 Å². The molecule has 0 amide bonds. The molecule has 0 fully saturated rings. The van der Waals surface area contributed by atoms with Gasteiger partial charge in [-0.2, -0.15) is 0 Å². The van der Waals surface area contributed by atoms with Crippen molar-refractivity contribution in [3.63, 3.8) is 0 Å². The molecule has 0 aliphatic carbocycles. The largest absolute Gasteiger partial charge is 0.508 e. The van der Waals surface area contributed by atoms with Crippen molar-refractivity contribution in [2.45, 2.75) is 13.8 Å². The lowest BCUT2D eigenvalue weighted by atomic mass is 10.1. The molecule has 6 aromatic rings. The molecule has 0 saturated heterocycles. The second-order valence-corrected chi connectivity index (χ2v) is 8.11. The SMILES string of the molecule is CC(=O)n1c2ccccc2c2cc(O)ccc21.CC(=O)n1c2ccccc2c2cc([18F])ccc21. The highest BCUT2D eigenvalue weighted by molar-refractivity contribution is 6.14. The van der Waals surface area contributed by atoms with Crippen LogP contribution >= 0.6 is 0 Å². The van der Waals surface area contributed by atoms with Crippen molar-refractivity contribution in [1.29, 1.82) is 0 Å². The number of hydrogen-bond acceptors (Lipinski definition) is 3. The fourth-order valence-corrected chi connectivity index (χ4v) is 4.58. The summed E-state index contributed by atoms with van der Waals surface area (Å²) in [6, 6.07) is 24.8. The predicted octanol–water partition coefficient (Wildman–Crippen LogP) is 6.75. The van der Waals surface area contributed by atoms with Gasteiger partial charge in [0.15, 0.2) is 0 Å². The summed E-state index contributed by atoms with van der Waals surface area (Å²) >= 11 is 0. The van der Waals surface area contributed by atoms with Crippen molar-refractivity contribution in [2.75, 3.05) is 0 Å². The number of carbonyl (C=O) groups is 2. The minimum Gasteiger partial charge on any atom is -0.508 e. The molecule has 2 heterocycles. The first-order chi connectivity index (χ1) is 16.4. The van der Waals surface area contributed by atoms with Crippen LogP contribution in [0.15, 0.2) is 84.9 Å². The van der Waals surface area contributed by atoms with Crippen LogP contribution in [0.25, 0.3) is 43.6 Å². The van der Waals surface area contributed by atoms with E-state index in [9.17, 15) is 19.1 Å². The van der Waals surface area contributed by atoms with E-state index in [0.29, 0.717) is 0 Å². The third kappa shape index (κ3) is 3.40. The molecule has 0 aliphatic rings. The monoisotopic (exact) mass is 451 g/mol. The zero-order valence-corrected chi connectivity index (χ0v) is 18.6. The van der Waals surface area contributed by atoms with Gasteiger partial charge >= 0.3 is 0 Å². The molecule has 0 atom stereocenters. The fourth-order valence-electron chi connectivity index (χ4n) is 4.58. The van der Waals surface area contributed by atoms with Crippen LogP contribution in [-0.4, -0.2) is 26.1 Å². The van der Waals surface area contributed by atoms with E-state index in [4.69, 9.17) is 0 Å². The first-order valence-corrected chi connectivity index (χ1v) is 10.8. The van der Waals surface area contributed by atoms with Crippen molar-refractivity contribution in [3.8, 4) is 5.75 Å². The summed E-state index contributed by atoms with van der Waals surface area (Å²) in [5, 5.41) is 13.1. The summed E-state index contributed by atoms with van der Waals surface area (Å²) < 4.78 is 16.6. The van der Waals surface area contributed by atoms with Gasteiger partial charge in [0.05, 0.1) is 22.1 Å². The van der Waals surface area contributed by atoms with Gasteiger partial charge in [-0.1, -0.05) is 36.4 Å². The highest BCUT2D eigenvalue weighted by Crippen LogP contribution is 2.31. The molecule has 6 heteroatoms. The van der Waals surface area contributed by atoms with Crippen LogP contribution in [0.4, 0.5) is 4.39 Å². The molecule has 6 rings (SSSR count). The average Bonchev–Trinajstić information content (AvgIpc) is 3.32. The van der Waals surface area contributed by atoms with Crippen molar-refractivity contribution in [2.24, 2.45) is 0 Å². The molecule has 0 unspecified atom stereocenters. The predicted molar refractivity (Wildman–Crippen MR) is 133 cm³/mol. The Labute approximate surface area is 194 Å². The van der Waals surface area contributed by atoms with Crippen LogP contribution in [0, 0.1) is 5.82 Å². The Hall–Kier alpha value is -4.45. The molecule has 2 aromatic heterocycles. The molecule has 0 bridgehead atoms. The number of phenols is 1. The third-order valence-electron chi connectivity index (χ3n) is 5.92. The topological polar surface area (TPSA) is 64.2 Å². The maximum Gasteiger partial charge on any atom is 0.228 e. The zero-order valence-electron chi connectivity index (χ0n) is 18.6. The van der Waals surface area contributed by atoms with Crippen LogP contribution in [0.2, 0.25) is 0 Å². The van der Waals surface area contributed by atoms with Crippen LogP contribution in [0.3, 0.4) is 0 Å². The molecule has 0 spiro atoms. The Bertz CT molecular complexity index is 1610. The van der Waals surface area contributed by atoms with Crippen LogP contribution < -0.4 is 0 Å².